The van der Waals surface area contributed by atoms with Crippen LogP contribution in [0.1, 0.15) is 45.4 Å². The summed E-state index contributed by atoms with van der Waals surface area (Å²) in [7, 11) is 0. The number of hydrogen-bond acceptors (Lipinski definition) is 3. The molecule has 4 heteroatoms. The zero-order chi connectivity index (χ0) is 13.0. The molecule has 3 N–H and O–H groups in total. The van der Waals surface area contributed by atoms with Gasteiger partial charge in [-0.2, -0.15) is 0 Å². The highest BCUT2D eigenvalue weighted by molar-refractivity contribution is 9.10. The molecule has 1 aromatic heterocycles. The largest absolute Gasteiger partial charge is 0.397 e. The Morgan fingerprint density at radius 2 is 2.17 bits per heavy atom. The molecule has 0 radical (unpaired) electrons. The summed E-state index contributed by atoms with van der Waals surface area (Å²) in [5.41, 5.74) is 6.41. The van der Waals surface area contributed by atoms with Gasteiger partial charge in [-0.05, 0) is 47.2 Å². The van der Waals surface area contributed by atoms with Gasteiger partial charge in [-0.1, -0.05) is 26.2 Å². The summed E-state index contributed by atoms with van der Waals surface area (Å²) in [5, 5.41) is 3.58. The normalized spacial score (nSPS) is 18.6. The van der Waals surface area contributed by atoms with Crippen molar-refractivity contribution in [3.05, 3.63) is 16.7 Å². The fraction of sp³-hybridized carbons (Fsp3) is 0.643. The van der Waals surface area contributed by atoms with Crippen LogP contribution in [0.3, 0.4) is 0 Å². The van der Waals surface area contributed by atoms with Gasteiger partial charge in [0, 0.05) is 6.04 Å². The summed E-state index contributed by atoms with van der Waals surface area (Å²) in [6.07, 6.45) is 9.69. The van der Waals surface area contributed by atoms with E-state index in [1.54, 1.807) is 6.20 Å². The monoisotopic (exact) mass is 311 g/mol. The lowest BCUT2D eigenvalue weighted by Crippen LogP contribution is -2.30. The summed E-state index contributed by atoms with van der Waals surface area (Å²) in [5.74, 6) is 1.71. The first kappa shape index (κ1) is 13.7. The average Bonchev–Trinajstić information content (AvgIpc) is 2.39. The Morgan fingerprint density at radius 3 is 2.78 bits per heavy atom. The van der Waals surface area contributed by atoms with Crippen molar-refractivity contribution in [1.29, 1.82) is 0 Å². The third-order valence-corrected chi connectivity index (χ3v) is 4.45. The topological polar surface area (TPSA) is 50.9 Å². The van der Waals surface area contributed by atoms with E-state index in [-0.39, 0.29) is 0 Å². The third kappa shape index (κ3) is 3.37. The van der Waals surface area contributed by atoms with Crippen LogP contribution in [0.25, 0.3) is 0 Å². The molecule has 1 atom stereocenters. The van der Waals surface area contributed by atoms with Crippen molar-refractivity contribution in [2.75, 3.05) is 11.1 Å². The van der Waals surface area contributed by atoms with Crippen LogP contribution in [-0.2, 0) is 0 Å². The van der Waals surface area contributed by atoms with E-state index in [1.807, 2.05) is 6.07 Å². The zero-order valence-electron chi connectivity index (χ0n) is 11.0. The summed E-state index contributed by atoms with van der Waals surface area (Å²) >= 11 is 3.52. The van der Waals surface area contributed by atoms with E-state index in [4.69, 9.17) is 5.73 Å². The van der Waals surface area contributed by atoms with Gasteiger partial charge in [-0.25, -0.2) is 4.98 Å². The Kier molecular flexibility index (Phi) is 4.87. The average molecular weight is 312 g/mol. The summed E-state index contributed by atoms with van der Waals surface area (Å²) in [6.45, 7) is 2.25. The Labute approximate surface area is 118 Å². The number of aromatic nitrogens is 1. The number of halogens is 1. The van der Waals surface area contributed by atoms with E-state index in [0.29, 0.717) is 11.7 Å². The first-order valence-corrected chi connectivity index (χ1v) is 7.67. The molecule has 3 nitrogen and oxygen atoms in total. The lowest BCUT2D eigenvalue weighted by atomic mass is 9.83. The van der Waals surface area contributed by atoms with Gasteiger partial charge >= 0.3 is 0 Å². The van der Waals surface area contributed by atoms with E-state index in [1.165, 1.54) is 32.1 Å². The van der Waals surface area contributed by atoms with E-state index in [0.717, 1.165) is 22.6 Å². The number of pyridine rings is 1. The molecule has 0 spiro atoms. The van der Waals surface area contributed by atoms with Gasteiger partial charge in [0.2, 0.25) is 0 Å². The van der Waals surface area contributed by atoms with E-state index >= 15 is 0 Å². The number of nitrogens with two attached hydrogens (primary N) is 1. The van der Waals surface area contributed by atoms with Gasteiger partial charge in [0.25, 0.3) is 0 Å². The van der Waals surface area contributed by atoms with Crippen LogP contribution in [0.5, 0.6) is 0 Å². The molecule has 1 fully saturated rings. The summed E-state index contributed by atoms with van der Waals surface area (Å²) in [4.78, 5) is 4.38. The highest BCUT2D eigenvalue weighted by atomic mass is 79.9. The lowest BCUT2D eigenvalue weighted by molar-refractivity contribution is 0.312. The number of rotatable bonds is 4. The summed E-state index contributed by atoms with van der Waals surface area (Å²) in [6, 6.07) is 2.43. The maximum atomic E-state index is 5.71. The van der Waals surface area contributed by atoms with Crippen LogP contribution >= 0.6 is 15.9 Å². The molecule has 0 saturated heterocycles. The van der Waals surface area contributed by atoms with Crippen molar-refractivity contribution < 1.29 is 0 Å². The fourth-order valence-electron chi connectivity index (χ4n) is 2.82. The van der Waals surface area contributed by atoms with Crippen molar-refractivity contribution in [3.8, 4) is 0 Å². The first-order chi connectivity index (χ1) is 8.70. The smallest absolute Gasteiger partial charge is 0.140 e. The SMILES string of the molecule is CCC(Nc1ncc(N)cc1Br)C1CCCCC1. The Bertz CT molecular complexity index is 389. The number of nitrogens with one attached hydrogen (secondary N) is 1. The predicted octanol–water partition coefficient (Wildman–Crippen LogP) is 4.20. The Hall–Kier alpha value is -0.770. The van der Waals surface area contributed by atoms with Crippen LogP contribution in [0.4, 0.5) is 11.5 Å². The molecule has 2 rings (SSSR count). The number of anilines is 2. The van der Waals surface area contributed by atoms with E-state index < -0.39 is 0 Å². The molecule has 100 valence electrons. The highest BCUT2D eigenvalue weighted by Crippen LogP contribution is 2.31. The van der Waals surface area contributed by atoms with Crippen molar-refractivity contribution in [2.24, 2.45) is 5.92 Å². The molecule has 1 aliphatic rings. The molecule has 1 heterocycles. The second kappa shape index (κ2) is 6.41. The molecule has 1 saturated carbocycles. The van der Waals surface area contributed by atoms with Crippen molar-refractivity contribution in [1.82, 2.24) is 4.98 Å². The van der Waals surface area contributed by atoms with Gasteiger partial charge < -0.3 is 11.1 Å². The molecule has 0 amide bonds. The van der Waals surface area contributed by atoms with Crippen LogP contribution < -0.4 is 11.1 Å². The minimum Gasteiger partial charge on any atom is -0.397 e. The first-order valence-electron chi connectivity index (χ1n) is 6.88. The molecule has 0 aliphatic heterocycles. The van der Waals surface area contributed by atoms with Gasteiger partial charge in [0.15, 0.2) is 0 Å². The van der Waals surface area contributed by atoms with Crippen LogP contribution in [0.15, 0.2) is 16.7 Å². The van der Waals surface area contributed by atoms with Gasteiger partial charge in [-0.15, -0.1) is 0 Å². The van der Waals surface area contributed by atoms with Gasteiger partial charge in [0.1, 0.15) is 5.82 Å². The van der Waals surface area contributed by atoms with E-state index in [9.17, 15) is 0 Å². The maximum Gasteiger partial charge on any atom is 0.140 e. The Balaban J connectivity index is 2.04. The molecule has 0 bridgehead atoms. The predicted molar refractivity (Wildman–Crippen MR) is 80.6 cm³/mol. The lowest BCUT2D eigenvalue weighted by Gasteiger charge is -2.30. The zero-order valence-corrected chi connectivity index (χ0v) is 12.5. The molecule has 1 aliphatic carbocycles. The molecular formula is C14H22BrN3. The van der Waals surface area contributed by atoms with Gasteiger partial charge in [-0.3, -0.25) is 0 Å². The van der Waals surface area contributed by atoms with Gasteiger partial charge in [0.05, 0.1) is 16.4 Å². The number of nitrogen functional groups attached to an aromatic ring is 1. The number of hydrogen-bond donors (Lipinski definition) is 2. The van der Waals surface area contributed by atoms with Crippen LogP contribution in [0.2, 0.25) is 0 Å². The quantitative estimate of drug-likeness (QED) is 0.876. The standard InChI is InChI=1S/C14H22BrN3/c1-2-13(10-6-4-3-5-7-10)18-14-12(15)8-11(16)9-17-14/h8-10,13H,2-7,16H2,1H3,(H,17,18). The van der Waals surface area contributed by atoms with Crippen molar-refractivity contribution in [2.45, 2.75) is 51.5 Å². The van der Waals surface area contributed by atoms with Crippen LogP contribution in [-0.4, -0.2) is 11.0 Å². The van der Waals surface area contributed by atoms with E-state index in [2.05, 4.69) is 33.2 Å². The maximum absolute atomic E-state index is 5.71. The number of nitrogens with zero attached hydrogens (tertiary/aromatic N) is 1. The molecule has 0 aromatic carbocycles. The molecule has 18 heavy (non-hydrogen) atoms. The second-order valence-corrected chi connectivity index (χ2v) is 6.01. The highest BCUT2D eigenvalue weighted by Gasteiger charge is 2.22. The van der Waals surface area contributed by atoms with Crippen molar-refractivity contribution >= 4 is 27.4 Å². The fourth-order valence-corrected chi connectivity index (χ4v) is 3.31. The minimum atomic E-state index is 0.526. The molecule has 1 aromatic rings. The summed E-state index contributed by atoms with van der Waals surface area (Å²) < 4.78 is 0.955. The molecular weight excluding hydrogens is 290 g/mol. The minimum absolute atomic E-state index is 0.526. The Morgan fingerprint density at radius 1 is 1.44 bits per heavy atom. The molecule has 1 unspecified atom stereocenters. The third-order valence-electron chi connectivity index (χ3n) is 3.84. The van der Waals surface area contributed by atoms with Crippen LogP contribution in [0, 0.1) is 5.92 Å². The van der Waals surface area contributed by atoms with Crippen molar-refractivity contribution in [3.63, 3.8) is 0 Å². The second-order valence-electron chi connectivity index (χ2n) is 5.16.